The van der Waals surface area contributed by atoms with Crippen molar-refractivity contribution in [2.24, 2.45) is 0 Å². The van der Waals surface area contributed by atoms with Gasteiger partial charge in [0.2, 0.25) is 0 Å². The van der Waals surface area contributed by atoms with Gasteiger partial charge in [0.25, 0.3) is 0 Å². The van der Waals surface area contributed by atoms with Crippen molar-refractivity contribution < 1.29 is 34.2 Å². The topological polar surface area (TPSA) is 112 Å². The number of nitrogens with zero attached hydrogens (tertiary/aromatic N) is 1. The van der Waals surface area contributed by atoms with Crippen LogP contribution in [0.15, 0.2) is 12.2 Å². The quantitative estimate of drug-likeness (QED) is 0.0358. The van der Waals surface area contributed by atoms with Crippen LogP contribution in [0.1, 0.15) is 187 Å². The molecule has 0 bridgehead atoms. The Labute approximate surface area is 276 Å². The average molecular weight is 639 g/mol. The Morgan fingerprint density at radius 3 is 0.978 bits per heavy atom. The van der Waals surface area contributed by atoms with Crippen LogP contribution in [0.25, 0.3) is 0 Å². The molecule has 7 nitrogen and oxygen atoms in total. The van der Waals surface area contributed by atoms with Crippen LogP contribution in [0.5, 0.6) is 0 Å². The average Bonchev–Trinajstić information content (AvgIpc) is 3.00. The summed E-state index contributed by atoms with van der Waals surface area (Å²) in [7, 11) is 0. The first-order chi connectivity index (χ1) is 21.8. The molecule has 0 rings (SSSR count). The van der Waals surface area contributed by atoms with E-state index >= 15 is 0 Å². The number of carbonyl (C=O) groups is 3. The maximum absolute atomic E-state index is 11.0. The molecule has 0 atom stereocenters. The highest BCUT2D eigenvalue weighted by Crippen LogP contribution is 2.20. The Balaban J connectivity index is 4.22. The summed E-state index contributed by atoms with van der Waals surface area (Å²) >= 11 is 0. The van der Waals surface area contributed by atoms with Crippen LogP contribution >= 0.6 is 0 Å². The molecule has 0 fully saturated rings. The molecule has 0 aliphatic rings. The van der Waals surface area contributed by atoms with Crippen LogP contribution in [-0.2, 0) is 14.4 Å². The molecule has 0 aliphatic carbocycles. The fourth-order valence-corrected chi connectivity index (χ4v) is 6.42. The highest BCUT2D eigenvalue weighted by Gasteiger charge is 2.26. The number of allylic oxidation sites excluding steroid dienone is 2. The number of quaternary nitrogens is 1. The van der Waals surface area contributed by atoms with Gasteiger partial charge in [-0.15, -0.1) is 0 Å². The van der Waals surface area contributed by atoms with Crippen molar-refractivity contribution >= 4 is 17.9 Å². The monoisotopic (exact) mass is 639 g/mol. The standard InChI is InChI=1S/C38H71NO6/c1-2-3-4-5-6-7-8-9-10-11-12-13-14-15-16-17-18-19-20-21-25-32-39(33-26-22-29-36(40)41,34-27-23-30-37(42)43)35-28-24-31-38(44)45/h12-13H,2-11,14-35H2,1H3,(H2-,40,41,42,43,44,45)/p+1/b13-12+. The lowest BCUT2D eigenvalue weighted by Gasteiger charge is -2.39. The summed E-state index contributed by atoms with van der Waals surface area (Å²) < 4.78 is 0.867. The van der Waals surface area contributed by atoms with E-state index in [1.54, 1.807) is 0 Å². The molecule has 45 heavy (non-hydrogen) atoms. The van der Waals surface area contributed by atoms with E-state index in [0.29, 0.717) is 19.3 Å². The number of aliphatic carboxylic acids is 3. The molecule has 0 aliphatic heterocycles. The van der Waals surface area contributed by atoms with Gasteiger partial charge in [-0.2, -0.15) is 0 Å². The molecule has 0 aromatic heterocycles. The minimum atomic E-state index is -0.767. The van der Waals surface area contributed by atoms with E-state index in [1.807, 2.05) is 0 Å². The molecule has 3 N–H and O–H groups in total. The molecule has 0 amide bonds. The van der Waals surface area contributed by atoms with Gasteiger partial charge in [-0.1, -0.05) is 103 Å². The predicted octanol–water partition coefficient (Wildman–Crippen LogP) is 10.6. The zero-order valence-corrected chi connectivity index (χ0v) is 29.3. The number of hydrogen-bond acceptors (Lipinski definition) is 3. The van der Waals surface area contributed by atoms with Crippen molar-refractivity contribution in [2.45, 2.75) is 187 Å². The van der Waals surface area contributed by atoms with Gasteiger partial charge in [0.1, 0.15) is 0 Å². The largest absolute Gasteiger partial charge is 0.481 e. The molecule has 0 aromatic carbocycles. The minimum absolute atomic E-state index is 0.174. The molecule has 0 saturated carbocycles. The van der Waals surface area contributed by atoms with Crippen molar-refractivity contribution in [3.05, 3.63) is 12.2 Å². The summed E-state index contributed by atoms with van der Waals surface area (Å²) in [5.74, 6) is -2.30. The van der Waals surface area contributed by atoms with Crippen molar-refractivity contribution in [3.63, 3.8) is 0 Å². The molecule has 0 heterocycles. The van der Waals surface area contributed by atoms with Crippen LogP contribution in [0.3, 0.4) is 0 Å². The Hall–Kier alpha value is -1.89. The lowest BCUT2D eigenvalue weighted by Crippen LogP contribution is -2.51. The molecule has 0 unspecified atom stereocenters. The van der Waals surface area contributed by atoms with Gasteiger partial charge < -0.3 is 19.8 Å². The Morgan fingerprint density at radius 2 is 0.667 bits per heavy atom. The van der Waals surface area contributed by atoms with E-state index in [1.165, 1.54) is 116 Å². The van der Waals surface area contributed by atoms with E-state index < -0.39 is 17.9 Å². The van der Waals surface area contributed by atoms with Crippen LogP contribution in [-0.4, -0.2) is 63.9 Å². The SMILES string of the molecule is CCCCCCCCCCC/C=C/CCCCCCCCCC[N+](CCCCC(=O)O)(CCCCC(=O)O)CCCCC(=O)O. The number of hydrogen-bond donors (Lipinski definition) is 3. The summed E-state index contributed by atoms with van der Waals surface area (Å²) in [6.45, 7) is 5.96. The summed E-state index contributed by atoms with van der Waals surface area (Å²) in [6.07, 6.45) is 34.7. The molecular formula is C38H72NO6+. The van der Waals surface area contributed by atoms with E-state index in [9.17, 15) is 14.4 Å². The Morgan fingerprint density at radius 1 is 0.400 bits per heavy atom. The second-order valence-electron chi connectivity index (χ2n) is 13.5. The molecule has 264 valence electrons. The zero-order valence-electron chi connectivity index (χ0n) is 29.3. The van der Waals surface area contributed by atoms with Crippen molar-refractivity contribution in [3.8, 4) is 0 Å². The molecule has 0 radical (unpaired) electrons. The molecule has 7 heteroatoms. The smallest absolute Gasteiger partial charge is 0.303 e. The first-order valence-electron chi connectivity index (χ1n) is 19.0. The second kappa shape index (κ2) is 32.1. The van der Waals surface area contributed by atoms with Gasteiger partial charge in [0.05, 0.1) is 26.2 Å². The van der Waals surface area contributed by atoms with Crippen molar-refractivity contribution in [1.82, 2.24) is 0 Å². The fourth-order valence-electron chi connectivity index (χ4n) is 6.42. The number of rotatable bonds is 36. The van der Waals surface area contributed by atoms with Crippen molar-refractivity contribution in [2.75, 3.05) is 26.2 Å². The third-order valence-electron chi connectivity index (χ3n) is 9.21. The van der Waals surface area contributed by atoms with Gasteiger partial charge in [-0.3, -0.25) is 14.4 Å². The summed E-state index contributed by atoms with van der Waals surface area (Å²) in [6, 6.07) is 0. The summed E-state index contributed by atoms with van der Waals surface area (Å²) in [4.78, 5) is 33.1. The van der Waals surface area contributed by atoms with Crippen molar-refractivity contribution in [1.29, 1.82) is 0 Å². The molecule has 0 aromatic rings. The van der Waals surface area contributed by atoms with Crippen LogP contribution in [0.4, 0.5) is 0 Å². The maximum atomic E-state index is 11.0. The van der Waals surface area contributed by atoms with Crippen LogP contribution in [0.2, 0.25) is 0 Å². The van der Waals surface area contributed by atoms with Gasteiger partial charge in [0, 0.05) is 19.3 Å². The third kappa shape index (κ3) is 31.9. The van der Waals surface area contributed by atoms with Gasteiger partial charge in [-0.05, 0) is 77.0 Å². The summed E-state index contributed by atoms with van der Waals surface area (Å²) in [5.41, 5.74) is 0. The predicted molar refractivity (Wildman–Crippen MR) is 187 cm³/mol. The Bertz CT molecular complexity index is 683. The highest BCUT2D eigenvalue weighted by atomic mass is 16.4. The van der Waals surface area contributed by atoms with E-state index in [0.717, 1.165) is 56.3 Å². The zero-order chi connectivity index (χ0) is 33.3. The third-order valence-corrected chi connectivity index (χ3v) is 9.21. The Kier molecular flexibility index (Phi) is 30.7. The normalized spacial score (nSPS) is 11.8. The fraction of sp³-hybridized carbons (Fsp3) is 0.868. The second-order valence-corrected chi connectivity index (χ2v) is 13.5. The van der Waals surface area contributed by atoms with Gasteiger partial charge >= 0.3 is 17.9 Å². The van der Waals surface area contributed by atoms with Crippen LogP contribution < -0.4 is 0 Å². The first-order valence-corrected chi connectivity index (χ1v) is 19.0. The maximum Gasteiger partial charge on any atom is 0.303 e. The molecule has 0 spiro atoms. The van der Waals surface area contributed by atoms with Gasteiger partial charge in [0.15, 0.2) is 0 Å². The van der Waals surface area contributed by atoms with Crippen LogP contribution in [0, 0.1) is 0 Å². The lowest BCUT2D eigenvalue weighted by molar-refractivity contribution is -0.929. The highest BCUT2D eigenvalue weighted by molar-refractivity contribution is 5.67. The van der Waals surface area contributed by atoms with Gasteiger partial charge in [-0.25, -0.2) is 0 Å². The first kappa shape index (κ1) is 43.1. The number of carboxylic acid groups (broad SMARTS) is 3. The minimum Gasteiger partial charge on any atom is -0.481 e. The van der Waals surface area contributed by atoms with E-state index in [-0.39, 0.29) is 19.3 Å². The van der Waals surface area contributed by atoms with E-state index in [4.69, 9.17) is 15.3 Å². The molecule has 0 saturated heterocycles. The number of unbranched alkanes of at least 4 members (excludes halogenated alkanes) is 20. The summed E-state index contributed by atoms with van der Waals surface area (Å²) in [5, 5.41) is 27.2. The van der Waals surface area contributed by atoms with E-state index in [2.05, 4.69) is 19.1 Å². The number of carboxylic acids is 3. The lowest BCUT2D eigenvalue weighted by atomic mass is 10.0. The molecular weight excluding hydrogens is 566 g/mol.